The van der Waals surface area contributed by atoms with Gasteiger partial charge in [0.2, 0.25) is 5.88 Å². The Morgan fingerprint density at radius 3 is 2.68 bits per heavy atom. The number of carbonyl (C=O) groups excluding carboxylic acids is 1. The number of hydrogen-bond acceptors (Lipinski definition) is 6. The highest BCUT2D eigenvalue weighted by Crippen LogP contribution is 2.31. The summed E-state index contributed by atoms with van der Waals surface area (Å²) in [5, 5.41) is 6.73. The Bertz CT molecular complexity index is 1050. The number of alkyl halides is 3. The Hall–Kier alpha value is -3.60. The van der Waals surface area contributed by atoms with Crippen LogP contribution in [0.5, 0.6) is 11.6 Å². The number of carbonyl (C=O) groups is 1. The van der Waals surface area contributed by atoms with Crippen LogP contribution >= 0.6 is 0 Å². The molecule has 11 heteroatoms. The molecule has 0 bridgehead atoms. The zero-order chi connectivity index (χ0) is 22.4. The third-order valence-electron chi connectivity index (χ3n) is 4.10. The van der Waals surface area contributed by atoms with E-state index in [1.54, 1.807) is 12.1 Å². The fraction of sp³-hybridized carbons (Fsp3) is 0.250. The summed E-state index contributed by atoms with van der Waals surface area (Å²) in [5.74, 6) is -0.378. The largest absolute Gasteiger partial charge is 0.493 e. The van der Waals surface area contributed by atoms with Crippen LogP contribution in [0.1, 0.15) is 16.1 Å². The average Bonchev–Trinajstić information content (AvgIpc) is 3.19. The van der Waals surface area contributed by atoms with Crippen LogP contribution in [0.2, 0.25) is 0 Å². The van der Waals surface area contributed by atoms with Gasteiger partial charge in [0, 0.05) is 13.3 Å². The van der Waals surface area contributed by atoms with E-state index in [9.17, 15) is 18.0 Å². The van der Waals surface area contributed by atoms with Crippen LogP contribution in [0.15, 0.2) is 48.8 Å². The maximum absolute atomic E-state index is 13.0. The summed E-state index contributed by atoms with van der Waals surface area (Å²) in [6.45, 7) is 0.559. The molecule has 31 heavy (non-hydrogen) atoms. The van der Waals surface area contributed by atoms with Crippen molar-refractivity contribution in [2.24, 2.45) is 0 Å². The third-order valence-corrected chi connectivity index (χ3v) is 4.10. The first-order valence-electron chi connectivity index (χ1n) is 9.03. The van der Waals surface area contributed by atoms with Crippen molar-refractivity contribution in [1.82, 2.24) is 14.8 Å². The van der Waals surface area contributed by atoms with E-state index >= 15 is 0 Å². The van der Waals surface area contributed by atoms with Gasteiger partial charge in [0.25, 0.3) is 5.91 Å². The summed E-state index contributed by atoms with van der Waals surface area (Å²) >= 11 is 0. The molecule has 2 aromatic heterocycles. The number of rotatable bonds is 8. The van der Waals surface area contributed by atoms with Crippen molar-refractivity contribution in [1.29, 1.82) is 0 Å². The maximum atomic E-state index is 13.0. The summed E-state index contributed by atoms with van der Waals surface area (Å²) in [4.78, 5) is 16.9. The lowest BCUT2D eigenvalue weighted by Gasteiger charge is -2.10. The number of methoxy groups -OCH3 is 2. The molecule has 0 spiro atoms. The van der Waals surface area contributed by atoms with Crippen LogP contribution in [0.4, 0.5) is 18.9 Å². The quantitative estimate of drug-likeness (QED) is 0.544. The predicted octanol–water partition coefficient (Wildman–Crippen LogP) is 3.57. The Labute approximate surface area is 175 Å². The van der Waals surface area contributed by atoms with Crippen molar-refractivity contribution >= 4 is 11.6 Å². The molecule has 0 atom stereocenters. The smallest absolute Gasteiger partial charge is 0.416 e. The molecule has 164 valence electrons. The van der Waals surface area contributed by atoms with Crippen LogP contribution in [0.25, 0.3) is 5.69 Å². The normalized spacial score (nSPS) is 11.3. The zero-order valence-corrected chi connectivity index (χ0v) is 16.6. The van der Waals surface area contributed by atoms with Gasteiger partial charge in [0.1, 0.15) is 12.3 Å². The van der Waals surface area contributed by atoms with Crippen molar-refractivity contribution in [2.45, 2.75) is 6.18 Å². The number of ether oxygens (including phenoxy) is 3. The minimum absolute atomic E-state index is 0.0839. The summed E-state index contributed by atoms with van der Waals surface area (Å²) < 4.78 is 55.7. The Kier molecular flexibility index (Phi) is 6.75. The molecule has 3 aromatic rings. The summed E-state index contributed by atoms with van der Waals surface area (Å²) in [6, 6.07) is 7.76. The van der Waals surface area contributed by atoms with Gasteiger partial charge in [0.15, 0.2) is 11.4 Å². The highest BCUT2D eigenvalue weighted by molar-refractivity contribution is 6.05. The lowest BCUT2D eigenvalue weighted by Crippen LogP contribution is -2.16. The second-order valence-electron chi connectivity index (χ2n) is 6.19. The van der Waals surface area contributed by atoms with Gasteiger partial charge in [-0.1, -0.05) is 6.07 Å². The fourth-order valence-corrected chi connectivity index (χ4v) is 2.63. The lowest BCUT2D eigenvalue weighted by molar-refractivity contribution is -0.137. The van der Waals surface area contributed by atoms with E-state index in [4.69, 9.17) is 14.2 Å². The van der Waals surface area contributed by atoms with Gasteiger partial charge in [-0.15, -0.1) is 0 Å². The van der Waals surface area contributed by atoms with Gasteiger partial charge in [-0.2, -0.15) is 18.3 Å². The zero-order valence-electron chi connectivity index (χ0n) is 16.6. The summed E-state index contributed by atoms with van der Waals surface area (Å²) in [6.07, 6.45) is -1.68. The first-order chi connectivity index (χ1) is 14.8. The first-order valence-corrected chi connectivity index (χ1v) is 9.03. The molecule has 3 rings (SSSR count). The van der Waals surface area contributed by atoms with Gasteiger partial charge in [-0.3, -0.25) is 4.79 Å². The number of benzene rings is 1. The molecule has 0 fully saturated rings. The molecule has 1 amide bonds. The minimum Gasteiger partial charge on any atom is -0.493 e. The summed E-state index contributed by atoms with van der Waals surface area (Å²) in [7, 11) is 2.85. The highest BCUT2D eigenvalue weighted by Gasteiger charge is 2.31. The van der Waals surface area contributed by atoms with Crippen molar-refractivity contribution in [3.8, 4) is 17.3 Å². The number of anilines is 1. The maximum Gasteiger partial charge on any atom is 0.416 e. The predicted molar refractivity (Wildman–Crippen MR) is 105 cm³/mol. The second kappa shape index (κ2) is 9.47. The van der Waals surface area contributed by atoms with Gasteiger partial charge in [-0.05, 0) is 30.3 Å². The van der Waals surface area contributed by atoms with Crippen molar-refractivity contribution in [3.05, 3.63) is 60.0 Å². The SMILES string of the molecule is COCCOc1ncccc1NC(=O)c1nn(-c2cccc(C(F)(F)F)c2)cc1OC. The van der Waals surface area contributed by atoms with Crippen LogP contribution in [0.3, 0.4) is 0 Å². The number of nitrogens with zero attached hydrogens (tertiary/aromatic N) is 3. The molecule has 0 aliphatic rings. The molecule has 0 saturated heterocycles. The van der Waals surface area contributed by atoms with Crippen LogP contribution < -0.4 is 14.8 Å². The molecule has 1 aromatic carbocycles. The fourth-order valence-electron chi connectivity index (χ4n) is 2.63. The Morgan fingerprint density at radius 1 is 1.16 bits per heavy atom. The lowest BCUT2D eigenvalue weighted by atomic mass is 10.2. The number of hydrogen-bond donors (Lipinski definition) is 1. The second-order valence-corrected chi connectivity index (χ2v) is 6.19. The molecule has 8 nitrogen and oxygen atoms in total. The Morgan fingerprint density at radius 2 is 1.97 bits per heavy atom. The molecule has 0 radical (unpaired) electrons. The molecule has 0 saturated carbocycles. The van der Waals surface area contributed by atoms with Crippen molar-refractivity contribution in [3.63, 3.8) is 0 Å². The monoisotopic (exact) mass is 436 g/mol. The Balaban J connectivity index is 1.86. The minimum atomic E-state index is -4.51. The third kappa shape index (κ3) is 5.31. The summed E-state index contributed by atoms with van der Waals surface area (Å²) in [5.41, 5.74) is -0.540. The molecule has 0 aliphatic carbocycles. The van der Waals surface area contributed by atoms with Crippen molar-refractivity contribution < 1.29 is 32.2 Å². The molecular formula is C20H19F3N4O4. The standard InChI is InChI=1S/C20H19F3N4O4/c1-29-9-10-31-19-15(7-4-8-24-19)25-18(28)17-16(30-2)12-27(26-17)14-6-3-5-13(11-14)20(21,22)23/h3-8,11-12H,9-10H2,1-2H3,(H,25,28). The number of amides is 1. The van der Waals surface area contributed by atoms with Gasteiger partial charge in [-0.25, -0.2) is 9.67 Å². The van der Waals surface area contributed by atoms with Crippen LogP contribution in [-0.4, -0.2) is 48.1 Å². The number of nitrogens with one attached hydrogen (secondary N) is 1. The molecular weight excluding hydrogens is 417 g/mol. The highest BCUT2D eigenvalue weighted by atomic mass is 19.4. The number of pyridine rings is 1. The number of aromatic nitrogens is 3. The van der Waals surface area contributed by atoms with Gasteiger partial charge < -0.3 is 19.5 Å². The van der Waals surface area contributed by atoms with Crippen LogP contribution in [-0.2, 0) is 10.9 Å². The molecule has 2 heterocycles. The van der Waals surface area contributed by atoms with E-state index in [0.29, 0.717) is 12.3 Å². The van der Waals surface area contributed by atoms with E-state index in [1.165, 1.54) is 38.7 Å². The average molecular weight is 436 g/mol. The van der Waals surface area contributed by atoms with Gasteiger partial charge >= 0.3 is 6.18 Å². The van der Waals surface area contributed by atoms with E-state index in [1.807, 2.05) is 0 Å². The van der Waals surface area contributed by atoms with E-state index in [-0.39, 0.29) is 29.6 Å². The van der Waals surface area contributed by atoms with Crippen molar-refractivity contribution in [2.75, 3.05) is 32.8 Å². The van der Waals surface area contributed by atoms with E-state index < -0.39 is 17.6 Å². The van der Waals surface area contributed by atoms with E-state index in [2.05, 4.69) is 15.4 Å². The van der Waals surface area contributed by atoms with E-state index in [0.717, 1.165) is 16.8 Å². The molecule has 0 unspecified atom stereocenters. The molecule has 1 N–H and O–H groups in total. The molecule has 0 aliphatic heterocycles. The first kappa shape index (κ1) is 22.1. The van der Waals surface area contributed by atoms with Gasteiger partial charge in [0.05, 0.1) is 31.2 Å². The topological polar surface area (TPSA) is 87.5 Å². The number of halogens is 3. The van der Waals surface area contributed by atoms with Crippen LogP contribution in [0, 0.1) is 0 Å².